The third-order valence-electron chi connectivity index (χ3n) is 3.53. The lowest BCUT2D eigenvalue weighted by Gasteiger charge is -2.21. The van der Waals surface area contributed by atoms with E-state index in [1.807, 2.05) is 0 Å². The van der Waals surface area contributed by atoms with E-state index in [2.05, 4.69) is 25.0 Å². The minimum Gasteiger partial charge on any atom is -0.479 e. The molecule has 0 aromatic carbocycles. The molecule has 0 spiro atoms. The summed E-state index contributed by atoms with van der Waals surface area (Å²) in [4.78, 5) is 37.4. The summed E-state index contributed by atoms with van der Waals surface area (Å²) in [6, 6.07) is -1.27. The number of carboxylic acids is 1. The van der Waals surface area contributed by atoms with Crippen molar-refractivity contribution in [1.82, 2.24) is 19.5 Å². The van der Waals surface area contributed by atoms with Gasteiger partial charge < -0.3 is 14.6 Å². The lowest BCUT2D eigenvalue weighted by Crippen LogP contribution is -2.37. The zero-order chi connectivity index (χ0) is 18.1. The number of hydrogen-bond acceptors (Lipinski definition) is 8. The fourth-order valence-corrected chi connectivity index (χ4v) is 2.77. The molecule has 2 aromatic heterocycles. The summed E-state index contributed by atoms with van der Waals surface area (Å²) in [5.74, 6) is -2.06. The summed E-state index contributed by atoms with van der Waals surface area (Å²) in [5.41, 5.74) is 9.22. The minimum atomic E-state index is -1.51. The molecule has 3 rings (SSSR count). The van der Waals surface area contributed by atoms with Gasteiger partial charge in [-0.2, -0.15) is 0 Å². The van der Waals surface area contributed by atoms with Crippen LogP contribution in [0.2, 0.25) is 5.15 Å². The highest BCUT2D eigenvalue weighted by Crippen LogP contribution is 2.36. The van der Waals surface area contributed by atoms with Gasteiger partial charge in [0.1, 0.15) is 17.9 Å². The summed E-state index contributed by atoms with van der Waals surface area (Å²) < 4.78 is 12.0. The van der Waals surface area contributed by atoms with E-state index in [-0.39, 0.29) is 16.3 Å². The smallest absolute Gasteiger partial charge is 0.333 e. The van der Waals surface area contributed by atoms with Gasteiger partial charge in [0, 0.05) is 11.8 Å². The van der Waals surface area contributed by atoms with E-state index in [0.717, 1.165) is 6.92 Å². The number of esters is 1. The van der Waals surface area contributed by atoms with Crippen LogP contribution in [0.15, 0.2) is 17.8 Å². The summed E-state index contributed by atoms with van der Waals surface area (Å²) >= 11 is 5.94. The van der Waals surface area contributed by atoms with E-state index < -0.39 is 36.4 Å². The Hall–Kier alpha value is -2.95. The Morgan fingerprint density at radius 2 is 2.24 bits per heavy atom. The first-order valence-corrected chi connectivity index (χ1v) is 7.24. The Bertz CT molecular complexity index is 895. The molecule has 25 heavy (non-hydrogen) atoms. The molecular formula is C12H10ClN7O5. The average Bonchev–Trinajstić information content (AvgIpc) is 3.11. The molecule has 2 aromatic rings. The Balaban J connectivity index is 2.11. The number of aliphatic carboxylic acids is 1. The molecular weight excluding hydrogens is 358 g/mol. The summed E-state index contributed by atoms with van der Waals surface area (Å²) in [7, 11) is 0. The molecule has 1 N–H and O–H groups in total. The van der Waals surface area contributed by atoms with E-state index in [9.17, 15) is 14.7 Å². The van der Waals surface area contributed by atoms with Crippen LogP contribution in [0.25, 0.3) is 21.6 Å². The van der Waals surface area contributed by atoms with E-state index in [0.29, 0.717) is 0 Å². The number of halogens is 1. The molecule has 0 bridgehead atoms. The van der Waals surface area contributed by atoms with Crippen LogP contribution in [0.4, 0.5) is 0 Å². The van der Waals surface area contributed by atoms with Gasteiger partial charge in [0.2, 0.25) is 0 Å². The van der Waals surface area contributed by atoms with E-state index in [1.54, 1.807) is 0 Å². The summed E-state index contributed by atoms with van der Waals surface area (Å²) in [6.07, 6.45) is -1.35. The highest BCUT2D eigenvalue weighted by atomic mass is 35.5. The molecule has 1 aliphatic rings. The van der Waals surface area contributed by atoms with Crippen molar-refractivity contribution in [3.8, 4) is 0 Å². The number of azide groups is 1. The van der Waals surface area contributed by atoms with E-state index >= 15 is 0 Å². The molecule has 0 radical (unpaired) electrons. The second-order valence-electron chi connectivity index (χ2n) is 5.04. The Morgan fingerprint density at radius 1 is 1.48 bits per heavy atom. The molecule has 0 amide bonds. The SMILES string of the molecule is CC(=O)O[C@@H]1[C@H](N=[N+]=[N-])[C@@H](C(=O)O)O[C@H]1n1cnc2c(Cl)ncnc21. The number of fused-ring (bicyclic) bond motifs is 1. The Morgan fingerprint density at radius 3 is 2.88 bits per heavy atom. The lowest BCUT2D eigenvalue weighted by atomic mass is 10.1. The quantitative estimate of drug-likeness (QED) is 0.275. The molecule has 1 fully saturated rings. The average molecular weight is 368 g/mol. The second-order valence-corrected chi connectivity index (χ2v) is 5.40. The molecule has 1 saturated heterocycles. The molecule has 3 heterocycles. The fourth-order valence-electron chi connectivity index (χ4n) is 2.59. The van der Waals surface area contributed by atoms with Gasteiger partial charge in [-0.1, -0.05) is 16.7 Å². The Labute approximate surface area is 144 Å². The molecule has 0 saturated carbocycles. The Kier molecular flexibility index (Phi) is 4.40. The van der Waals surface area contributed by atoms with Crippen LogP contribution in [-0.4, -0.2) is 54.8 Å². The first kappa shape index (κ1) is 16.9. The maximum absolute atomic E-state index is 11.4. The lowest BCUT2D eigenvalue weighted by molar-refractivity contribution is -0.155. The molecule has 1 aliphatic heterocycles. The van der Waals surface area contributed by atoms with Crippen molar-refractivity contribution in [3.05, 3.63) is 28.3 Å². The number of ether oxygens (including phenoxy) is 2. The van der Waals surface area contributed by atoms with Gasteiger partial charge in [-0.3, -0.25) is 9.36 Å². The van der Waals surface area contributed by atoms with Crippen LogP contribution in [0.3, 0.4) is 0 Å². The highest BCUT2D eigenvalue weighted by molar-refractivity contribution is 6.33. The molecule has 4 atom stereocenters. The normalized spacial score (nSPS) is 25.5. The zero-order valence-corrected chi connectivity index (χ0v) is 13.3. The first-order chi connectivity index (χ1) is 11.9. The third kappa shape index (κ3) is 2.93. The molecule has 13 heteroatoms. The number of nitrogens with zero attached hydrogens (tertiary/aromatic N) is 7. The standard InChI is InChI=1S/C12H10ClN7O5/c1-4(21)24-7-5(18-19-14)8(12(22)23)25-11(7)20-3-17-6-9(13)15-2-16-10(6)20/h2-3,5,7-8,11H,1H3,(H,22,23)/t5-,7+,8-,11+/m0/s1. The van der Waals surface area contributed by atoms with Crippen molar-refractivity contribution in [2.45, 2.75) is 31.4 Å². The summed E-state index contributed by atoms with van der Waals surface area (Å²) in [6.45, 7) is 1.14. The minimum absolute atomic E-state index is 0.0900. The van der Waals surface area contributed by atoms with Gasteiger partial charge in [-0.05, 0) is 5.53 Å². The van der Waals surface area contributed by atoms with Crippen LogP contribution in [-0.2, 0) is 19.1 Å². The van der Waals surface area contributed by atoms with Gasteiger partial charge in [0.15, 0.2) is 29.2 Å². The highest BCUT2D eigenvalue weighted by Gasteiger charge is 2.51. The number of aromatic nitrogens is 4. The second kappa shape index (κ2) is 6.51. The van der Waals surface area contributed by atoms with Crippen molar-refractivity contribution in [1.29, 1.82) is 0 Å². The largest absolute Gasteiger partial charge is 0.479 e. The van der Waals surface area contributed by atoms with Gasteiger partial charge in [-0.15, -0.1) is 0 Å². The van der Waals surface area contributed by atoms with Gasteiger partial charge in [0.25, 0.3) is 0 Å². The predicted octanol–water partition coefficient (Wildman–Crippen LogP) is 1.07. The maximum atomic E-state index is 11.4. The van der Waals surface area contributed by atoms with Crippen molar-refractivity contribution in [3.63, 3.8) is 0 Å². The van der Waals surface area contributed by atoms with Crippen molar-refractivity contribution >= 4 is 34.7 Å². The van der Waals surface area contributed by atoms with Gasteiger partial charge >= 0.3 is 11.9 Å². The molecule has 0 aliphatic carbocycles. The van der Waals surface area contributed by atoms with E-state index in [1.165, 1.54) is 17.2 Å². The third-order valence-corrected chi connectivity index (χ3v) is 3.81. The van der Waals surface area contributed by atoms with Gasteiger partial charge in [-0.25, -0.2) is 19.7 Å². The number of carbonyl (C=O) groups excluding carboxylic acids is 1. The molecule has 12 nitrogen and oxygen atoms in total. The number of rotatable bonds is 4. The van der Waals surface area contributed by atoms with Crippen molar-refractivity contribution in [2.24, 2.45) is 5.11 Å². The maximum Gasteiger partial charge on any atom is 0.333 e. The number of imidazole rings is 1. The zero-order valence-electron chi connectivity index (χ0n) is 12.6. The first-order valence-electron chi connectivity index (χ1n) is 6.86. The van der Waals surface area contributed by atoms with Crippen LogP contribution >= 0.6 is 11.6 Å². The van der Waals surface area contributed by atoms with Crippen molar-refractivity contribution < 1.29 is 24.2 Å². The van der Waals surface area contributed by atoms with E-state index in [4.69, 9.17) is 26.6 Å². The molecule has 0 unspecified atom stereocenters. The molecule has 130 valence electrons. The fraction of sp³-hybridized carbons (Fsp3) is 0.417. The summed E-state index contributed by atoms with van der Waals surface area (Å²) in [5, 5.41) is 12.8. The number of carboxylic acid groups (broad SMARTS) is 1. The van der Waals surface area contributed by atoms with Crippen LogP contribution in [0.5, 0.6) is 0 Å². The number of hydrogen-bond donors (Lipinski definition) is 1. The van der Waals surface area contributed by atoms with Crippen LogP contribution < -0.4 is 0 Å². The van der Waals surface area contributed by atoms with Crippen LogP contribution in [0.1, 0.15) is 13.2 Å². The van der Waals surface area contributed by atoms with Gasteiger partial charge in [0.05, 0.1) is 6.33 Å². The monoisotopic (exact) mass is 367 g/mol. The van der Waals surface area contributed by atoms with Crippen molar-refractivity contribution in [2.75, 3.05) is 0 Å². The number of carbonyl (C=O) groups is 2. The predicted molar refractivity (Wildman–Crippen MR) is 80.4 cm³/mol. The topological polar surface area (TPSA) is 165 Å². The van der Waals surface area contributed by atoms with Crippen LogP contribution in [0, 0.1) is 0 Å².